The third kappa shape index (κ3) is 5.61. The summed E-state index contributed by atoms with van der Waals surface area (Å²) in [7, 11) is 0. The summed E-state index contributed by atoms with van der Waals surface area (Å²) >= 11 is -12.3. The molecular weight excluding hydrogens is 774 g/mol. The van der Waals surface area contributed by atoms with Crippen LogP contribution in [0.25, 0.3) is 0 Å². The number of halogens is 21. The molecule has 23 heteroatoms. The van der Waals surface area contributed by atoms with Crippen molar-refractivity contribution in [1.29, 1.82) is 0 Å². The molecule has 1 aromatic carbocycles. The van der Waals surface area contributed by atoms with Crippen molar-refractivity contribution >= 4 is 18.8 Å². The number of benzene rings is 1. The zero-order valence-electron chi connectivity index (χ0n) is 20.3. The Bertz CT molecular complexity index is 976. The van der Waals surface area contributed by atoms with E-state index in [-0.39, 0.29) is 0 Å². The van der Waals surface area contributed by atoms with Crippen molar-refractivity contribution in [2.24, 2.45) is 0 Å². The summed E-state index contributed by atoms with van der Waals surface area (Å²) in [5.41, 5.74) is -0.541. The summed E-state index contributed by atoms with van der Waals surface area (Å²) in [6.45, 7) is -15.2. The molecule has 0 saturated carbocycles. The molecule has 0 bridgehead atoms. The van der Waals surface area contributed by atoms with Crippen LogP contribution in [-0.4, -0.2) is 92.8 Å². The van der Waals surface area contributed by atoms with Crippen LogP contribution < -0.4 is 0 Å². The molecule has 1 nitrogen and oxygen atoms in total. The van der Waals surface area contributed by atoms with E-state index in [1.807, 2.05) is 0 Å². The summed E-state index contributed by atoms with van der Waals surface area (Å²) in [6, 6.07) is 4.54. The number of rotatable bonds is 16. The number of hydrogen-bond acceptors (Lipinski definition) is 1. The second-order valence-electron chi connectivity index (χ2n) is 8.73. The van der Waals surface area contributed by atoms with E-state index in [0.29, 0.717) is 0 Å². The maximum absolute atomic E-state index is 15.2. The molecule has 0 heterocycles. The molecule has 43 heavy (non-hydrogen) atoms. The monoisotopic (exact) mass is 790 g/mol. The van der Waals surface area contributed by atoms with E-state index in [1.54, 1.807) is 0 Å². The van der Waals surface area contributed by atoms with E-state index in [2.05, 4.69) is 3.07 Å². The first-order chi connectivity index (χ1) is 19.0. The van der Waals surface area contributed by atoms with Crippen molar-refractivity contribution in [1.82, 2.24) is 0 Å². The van der Waals surface area contributed by atoms with Crippen molar-refractivity contribution in [3.8, 4) is 0 Å². The van der Waals surface area contributed by atoms with E-state index in [9.17, 15) is 65.9 Å². The predicted molar refractivity (Wildman–Crippen MR) is 104 cm³/mol. The Kier molecular flexibility index (Phi) is 11.1. The molecule has 1 rings (SSSR count). The quantitative estimate of drug-likeness (QED) is 0.121. The maximum atomic E-state index is 15.2. The van der Waals surface area contributed by atoms with Crippen molar-refractivity contribution in [3.05, 3.63) is 35.9 Å². The Balaban J connectivity index is 4.51. The second kappa shape index (κ2) is 12.0. The topological polar surface area (TPSA) is 9.23 Å². The van der Waals surface area contributed by atoms with Crippen molar-refractivity contribution in [2.75, 3.05) is 26.6 Å². The van der Waals surface area contributed by atoms with Crippen LogP contribution >= 0.6 is 0 Å². The summed E-state index contributed by atoms with van der Waals surface area (Å²) in [6.07, 6.45) is -1.55. The zero-order chi connectivity index (χ0) is 34.4. The third-order valence-corrected chi connectivity index (χ3v) is 18.0. The van der Waals surface area contributed by atoms with Gasteiger partial charge in [0.1, 0.15) is 0 Å². The molecular formula is C20H15F21OSn. The molecule has 0 amide bonds. The molecule has 0 radical (unpaired) electrons. The third-order valence-electron chi connectivity index (χ3n) is 5.94. The van der Waals surface area contributed by atoms with Crippen molar-refractivity contribution in [2.45, 2.75) is 53.8 Å². The first kappa shape index (κ1) is 39.5. The minimum atomic E-state index is -12.3. The van der Waals surface area contributed by atoms with Gasteiger partial charge >= 0.3 is 230 Å². The van der Waals surface area contributed by atoms with E-state index in [4.69, 9.17) is 0 Å². The summed E-state index contributed by atoms with van der Waals surface area (Å²) < 4.78 is 274. The van der Waals surface area contributed by atoms with Crippen LogP contribution in [0.2, 0.25) is 0 Å². The van der Waals surface area contributed by atoms with Crippen molar-refractivity contribution < 1.29 is 95.3 Å². The van der Waals surface area contributed by atoms with Gasteiger partial charge in [-0.3, -0.25) is 0 Å². The molecule has 0 N–H and O–H groups in total. The molecule has 0 fully saturated rings. The fourth-order valence-corrected chi connectivity index (χ4v) is 14.9. The van der Waals surface area contributed by atoms with Crippen LogP contribution in [0.15, 0.2) is 30.3 Å². The number of alkyl halides is 21. The molecule has 0 saturated heterocycles. The molecule has 0 aromatic heterocycles. The molecule has 0 spiro atoms. The van der Waals surface area contributed by atoms with Gasteiger partial charge in [0.15, 0.2) is 0 Å². The van der Waals surface area contributed by atoms with E-state index >= 15 is 26.3 Å². The Hall–Kier alpha value is -1.49. The molecule has 1 aromatic rings. The molecule has 252 valence electrons. The van der Waals surface area contributed by atoms with Gasteiger partial charge in [-0.2, -0.15) is 0 Å². The predicted octanol–water partition coefficient (Wildman–Crippen LogP) is 8.44. The van der Waals surface area contributed by atoms with Gasteiger partial charge in [0.05, 0.1) is 0 Å². The SMILES string of the molecule is FCC(F)(F)C(F)(F)[C](F)(F)[Sn]([O]CCc1ccccc1)([C](F)(F)C(F)(F)C(F)(F)CF)[C](F)(F)C(F)(F)C(F)(F)CF. The fraction of sp³-hybridized carbons (Fsp3) is 0.700. The van der Waals surface area contributed by atoms with Gasteiger partial charge in [-0.25, -0.2) is 0 Å². The molecule has 0 unspecified atom stereocenters. The van der Waals surface area contributed by atoms with Crippen LogP contribution in [0.1, 0.15) is 5.56 Å². The van der Waals surface area contributed by atoms with Crippen LogP contribution in [0.3, 0.4) is 0 Å². The standard InChI is InChI=1S/C8H9O.3C4H2F7.Sn/c9-7-6-8-4-2-1-3-5-8;3*5-1-3(8,9)4(10,11)2(6)7;/h1-5H,6-7H2;3*1H2;/q-1;;;;+1. The van der Waals surface area contributed by atoms with Gasteiger partial charge in [-0.05, 0) is 0 Å². The zero-order valence-corrected chi connectivity index (χ0v) is 23.1. The first-order valence-corrected chi connectivity index (χ1v) is 16.2. The Morgan fingerprint density at radius 3 is 1.00 bits per heavy atom. The molecule has 0 aliphatic carbocycles. The van der Waals surface area contributed by atoms with Crippen LogP contribution in [0, 0.1) is 0 Å². The van der Waals surface area contributed by atoms with Gasteiger partial charge in [0.2, 0.25) is 0 Å². The minimum absolute atomic E-state index is 0.541. The fourth-order valence-electron chi connectivity index (χ4n) is 3.43. The Morgan fingerprint density at radius 1 is 0.465 bits per heavy atom. The normalized spacial score (nSPS) is 15.7. The molecule has 0 aliphatic heterocycles. The van der Waals surface area contributed by atoms with Crippen LogP contribution in [-0.2, 0) is 9.49 Å². The van der Waals surface area contributed by atoms with Crippen LogP contribution in [0.4, 0.5) is 92.2 Å². The number of hydrogen-bond donors (Lipinski definition) is 0. The van der Waals surface area contributed by atoms with Crippen LogP contribution in [0.5, 0.6) is 0 Å². The summed E-state index contributed by atoms with van der Waals surface area (Å²) in [5.74, 6) is -46.7. The van der Waals surface area contributed by atoms with Gasteiger partial charge in [0, 0.05) is 0 Å². The summed E-state index contributed by atoms with van der Waals surface area (Å²) in [4.78, 5) is 0. The van der Waals surface area contributed by atoms with Crippen molar-refractivity contribution in [3.63, 3.8) is 0 Å². The molecule has 0 aliphatic rings. The average molecular weight is 789 g/mol. The van der Waals surface area contributed by atoms with E-state index in [0.717, 1.165) is 30.3 Å². The van der Waals surface area contributed by atoms with E-state index < -0.39 is 105 Å². The van der Waals surface area contributed by atoms with Gasteiger partial charge in [0.25, 0.3) is 0 Å². The Labute approximate surface area is 230 Å². The van der Waals surface area contributed by atoms with Gasteiger partial charge < -0.3 is 0 Å². The summed E-state index contributed by atoms with van der Waals surface area (Å²) in [5, 5.41) is 0. The van der Waals surface area contributed by atoms with E-state index in [1.165, 1.54) is 0 Å². The first-order valence-electron chi connectivity index (χ1n) is 10.8. The molecule has 0 atom stereocenters. The second-order valence-corrected chi connectivity index (χ2v) is 18.8. The average Bonchev–Trinajstić information content (AvgIpc) is 2.90. The van der Waals surface area contributed by atoms with Gasteiger partial charge in [-0.15, -0.1) is 0 Å². The van der Waals surface area contributed by atoms with Gasteiger partial charge in [-0.1, -0.05) is 0 Å². The Morgan fingerprint density at radius 2 is 0.744 bits per heavy atom.